The Balaban J connectivity index is 0.00000272. The van der Waals surface area contributed by atoms with Gasteiger partial charge in [-0.3, -0.25) is 0 Å². The van der Waals surface area contributed by atoms with Crippen molar-refractivity contribution < 1.29 is 21.6 Å². The Labute approximate surface area is 191 Å². The Morgan fingerprint density at radius 1 is 1.23 bits per heavy atom. The number of sulfonamides is 2. The summed E-state index contributed by atoms with van der Waals surface area (Å²) in [6.45, 7) is 2.12. The molecule has 1 N–H and O–H groups in total. The summed E-state index contributed by atoms with van der Waals surface area (Å²) in [5, 5.41) is 0. The first-order valence-corrected chi connectivity index (χ1v) is 14.3. The van der Waals surface area contributed by atoms with Crippen molar-refractivity contribution in [3.63, 3.8) is 0 Å². The van der Waals surface area contributed by atoms with Crippen LogP contribution < -0.4 is 4.72 Å². The maximum absolute atomic E-state index is 12.7. The van der Waals surface area contributed by atoms with E-state index in [4.69, 9.17) is 4.74 Å². The Morgan fingerprint density at radius 2 is 1.97 bits per heavy atom. The summed E-state index contributed by atoms with van der Waals surface area (Å²) in [5.74, 6) is 0.860. The summed E-state index contributed by atoms with van der Waals surface area (Å²) in [5.41, 5.74) is 2.17. The molecule has 0 aromatic carbocycles. The van der Waals surface area contributed by atoms with Crippen LogP contribution in [0.5, 0.6) is 0 Å². The van der Waals surface area contributed by atoms with Gasteiger partial charge in [-0.05, 0) is 37.7 Å². The van der Waals surface area contributed by atoms with E-state index in [1.165, 1.54) is 9.88 Å². The Hall–Kier alpha value is -1.07. The molecule has 3 heterocycles. The van der Waals surface area contributed by atoms with Crippen molar-refractivity contribution in [2.24, 2.45) is 11.3 Å². The van der Waals surface area contributed by atoms with Gasteiger partial charge in [-0.1, -0.05) is 19.4 Å². The summed E-state index contributed by atoms with van der Waals surface area (Å²) in [6, 6.07) is 0. The summed E-state index contributed by atoms with van der Waals surface area (Å²) in [6.07, 6.45) is 14.0. The van der Waals surface area contributed by atoms with E-state index < -0.39 is 26.3 Å². The zero-order valence-corrected chi connectivity index (χ0v) is 20.7. The number of halogens is 1. The smallest absolute Gasteiger partial charge is 0.214 e. The lowest BCUT2D eigenvalue weighted by Crippen LogP contribution is -2.48. The first kappa shape index (κ1) is 24.6. The van der Waals surface area contributed by atoms with Crippen molar-refractivity contribution in [3.8, 4) is 0 Å². The highest BCUT2D eigenvalue weighted by atomic mass is 35.5. The van der Waals surface area contributed by atoms with Crippen molar-refractivity contribution in [1.29, 1.82) is 0 Å². The average molecular weight is 494 g/mol. The largest absolute Gasteiger partial charge is 0.475 e. The summed E-state index contributed by atoms with van der Waals surface area (Å²) in [7, 11) is -7.01. The van der Waals surface area contributed by atoms with Crippen LogP contribution in [0.2, 0.25) is 0 Å². The number of hydrogen-bond acceptors (Lipinski definition) is 6. The van der Waals surface area contributed by atoms with E-state index in [0.717, 1.165) is 62.5 Å². The van der Waals surface area contributed by atoms with Gasteiger partial charge >= 0.3 is 0 Å². The number of rotatable bonds is 6. The van der Waals surface area contributed by atoms with E-state index in [1.54, 1.807) is 0 Å². The Kier molecular flexibility index (Phi) is 6.90. The van der Waals surface area contributed by atoms with E-state index >= 15 is 0 Å². The lowest BCUT2D eigenvalue weighted by Gasteiger charge is -2.45. The van der Waals surface area contributed by atoms with E-state index in [-0.39, 0.29) is 36.8 Å². The Bertz CT molecular complexity index is 1020. The monoisotopic (exact) mass is 493 g/mol. The Morgan fingerprint density at radius 3 is 2.65 bits per heavy atom. The van der Waals surface area contributed by atoms with Crippen LogP contribution in [0.15, 0.2) is 35.5 Å². The number of ether oxygens (including phenoxy) is 1. The highest BCUT2D eigenvalue weighted by molar-refractivity contribution is 7.88. The second kappa shape index (κ2) is 8.70. The third-order valence-electron chi connectivity index (χ3n) is 6.78. The summed E-state index contributed by atoms with van der Waals surface area (Å²) < 4.78 is 58.5. The van der Waals surface area contributed by atoms with Crippen molar-refractivity contribution >= 4 is 32.5 Å². The summed E-state index contributed by atoms with van der Waals surface area (Å²) in [4.78, 5) is 2.14. The number of nitrogens with zero attached hydrogens (tertiary/aromatic N) is 2. The fourth-order valence-corrected chi connectivity index (χ4v) is 6.93. The van der Waals surface area contributed by atoms with Gasteiger partial charge < -0.3 is 9.64 Å². The van der Waals surface area contributed by atoms with Crippen molar-refractivity contribution in [3.05, 3.63) is 35.5 Å². The van der Waals surface area contributed by atoms with Gasteiger partial charge in [-0.2, -0.15) is 4.31 Å². The van der Waals surface area contributed by atoms with Crippen LogP contribution >= 0.6 is 12.4 Å². The lowest BCUT2D eigenvalue weighted by molar-refractivity contribution is 0.0338. The summed E-state index contributed by atoms with van der Waals surface area (Å²) >= 11 is 0. The molecule has 3 unspecified atom stereocenters. The van der Waals surface area contributed by atoms with E-state index in [9.17, 15) is 16.8 Å². The molecule has 0 radical (unpaired) electrons. The zero-order valence-electron chi connectivity index (χ0n) is 18.2. The van der Waals surface area contributed by atoms with Gasteiger partial charge in [0.15, 0.2) is 6.23 Å². The highest BCUT2D eigenvalue weighted by Gasteiger charge is 2.59. The first-order valence-electron chi connectivity index (χ1n) is 10.5. The maximum atomic E-state index is 12.7. The van der Waals surface area contributed by atoms with Crippen molar-refractivity contribution in [2.45, 2.75) is 51.7 Å². The minimum atomic E-state index is -3.61. The topological polar surface area (TPSA) is 96.0 Å². The SMILES string of the molecule is CC1C(N(CCNS(C)(=O)=O)S(C)(=O)=O)OC2=C3CCC=CN3C=C3CCCCC321.Cl. The molecular weight excluding hydrogens is 462 g/mol. The second-order valence-electron chi connectivity index (χ2n) is 8.78. The maximum Gasteiger partial charge on any atom is 0.214 e. The van der Waals surface area contributed by atoms with Gasteiger partial charge in [-0.15, -0.1) is 12.4 Å². The average Bonchev–Trinajstić information content (AvgIpc) is 2.94. The van der Waals surface area contributed by atoms with E-state index in [0.29, 0.717) is 0 Å². The molecule has 1 spiro atoms. The van der Waals surface area contributed by atoms with Gasteiger partial charge in [0, 0.05) is 31.4 Å². The van der Waals surface area contributed by atoms with Crippen LogP contribution in [0.25, 0.3) is 0 Å². The van der Waals surface area contributed by atoms with Crippen LogP contribution in [-0.4, -0.2) is 57.9 Å². The van der Waals surface area contributed by atoms with Crippen LogP contribution in [0.4, 0.5) is 0 Å². The molecule has 1 saturated heterocycles. The molecule has 8 nitrogen and oxygen atoms in total. The predicted molar refractivity (Wildman–Crippen MR) is 122 cm³/mol. The van der Waals surface area contributed by atoms with E-state index in [1.807, 2.05) is 0 Å². The normalized spacial score (nSPS) is 30.2. The predicted octanol–water partition coefficient (Wildman–Crippen LogP) is 2.49. The van der Waals surface area contributed by atoms with Crippen LogP contribution in [-0.2, 0) is 24.8 Å². The van der Waals surface area contributed by atoms with Crippen molar-refractivity contribution in [1.82, 2.24) is 13.9 Å². The highest BCUT2D eigenvalue weighted by Crippen LogP contribution is 2.61. The molecule has 1 saturated carbocycles. The third-order valence-corrected chi connectivity index (χ3v) is 8.75. The fraction of sp³-hybridized carbons (Fsp3) is 0.700. The lowest BCUT2D eigenvalue weighted by atomic mass is 9.61. The number of fused-ring (bicyclic) bond motifs is 1. The molecule has 4 aliphatic rings. The zero-order chi connectivity index (χ0) is 21.7. The molecule has 0 amide bonds. The molecule has 0 aromatic rings. The van der Waals surface area contributed by atoms with Gasteiger partial charge in [0.1, 0.15) is 5.76 Å². The molecule has 31 heavy (non-hydrogen) atoms. The molecule has 4 rings (SSSR count). The number of nitrogens with one attached hydrogen (secondary N) is 1. The van der Waals surface area contributed by atoms with Crippen LogP contribution in [0, 0.1) is 11.3 Å². The van der Waals surface area contributed by atoms with Gasteiger partial charge in [0.25, 0.3) is 0 Å². The molecule has 3 aliphatic heterocycles. The van der Waals surface area contributed by atoms with Gasteiger partial charge in [0.05, 0.1) is 23.6 Å². The van der Waals surface area contributed by atoms with Gasteiger partial charge in [-0.25, -0.2) is 21.6 Å². The van der Waals surface area contributed by atoms with Crippen LogP contribution in [0.3, 0.4) is 0 Å². The standard InChI is InChI=1S/C20H31N3O5S2.ClH/c1-15-19(23(30(3,26)27)13-11-21-29(2,24)25)28-18-17-9-5-7-12-22(17)14-16-8-4-6-10-20(15,16)18;/h7,12,14-15,19,21H,4-6,8-11,13H2,1-3H3;1H. The molecule has 3 atom stereocenters. The molecule has 176 valence electrons. The molecular formula is C20H32ClN3O5S2. The fourth-order valence-electron chi connectivity index (χ4n) is 5.44. The molecule has 11 heteroatoms. The van der Waals surface area contributed by atoms with Crippen LogP contribution in [0.1, 0.15) is 45.4 Å². The third kappa shape index (κ3) is 4.42. The molecule has 2 fully saturated rings. The molecule has 0 bridgehead atoms. The number of allylic oxidation sites excluding steroid dienone is 3. The molecule has 1 aliphatic carbocycles. The molecule has 0 aromatic heterocycles. The van der Waals surface area contributed by atoms with E-state index in [2.05, 4.69) is 35.0 Å². The minimum absolute atomic E-state index is 0. The minimum Gasteiger partial charge on any atom is -0.475 e. The first-order chi connectivity index (χ1) is 14.0. The second-order valence-corrected chi connectivity index (χ2v) is 12.5. The quantitative estimate of drug-likeness (QED) is 0.610. The number of hydrogen-bond donors (Lipinski definition) is 1. The van der Waals surface area contributed by atoms with Crippen molar-refractivity contribution in [2.75, 3.05) is 25.6 Å². The van der Waals surface area contributed by atoms with Gasteiger partial charge in [0.2, 0.25) is 20.0 Å².